The summed E-state index contributed by atoms with van der Waals surface area (Å²) in [5.74, 6) is 1.96. The number of hydrogen-bond donors (Lipinski definition) is 2. The maximum atomic E-state index is 6.23. The summed E-state index contributed by atoms with van der Waals surface area (Å²) in [5, 5.41) is 16.6. The van der Waals surface area contributed by atoms with Crippen LogP contribution in [0.25, 0.3) is 33.4 Å². The van der Waals surface area contributed by atoms with E-state index in [0.29, 0.717) is 11.5 Å². The number of aromatic nitrogens is 4. The number of para-hydroxylation sites is 1. The maximum absolute atomic E-state index is 6.23. The SMILES string of the molecule is Cc1ccccc1-c1c(-c2cccc(Oc3ccccc3)c2)nnc2n[nH]c(N)c12. The third-order valence-corrected chi connectivity index (χ3v) is 5.01. The number of rotatable bonds is 4. The van der Waals surface area contributed by atoms with E-state index in [2.05, 4.69) is 39.5 Å². The largest absolute Gasteiger partial charge is 0.457 e. The molecule has 6 nitrogen and oxygen atoms in total. The molecule has 5 rings (SSSR count). The lowest BCUT2D eigenvalue weighted by atomic mass is 9.94. The van der Waals surface area contributed by atoms with Crippen LogP contribution in [0.4, 0.5) is 5.82 Å². The van der Waals surface area contributed by atoms with E-state index in [-0.39, 0.29) is 0 Å². The van der Waals surface area contributed by atoms with E-state index < -0.39 is 0 Å². The van der Waals surface area contributed by atoms with Crippen molar-refractivity contribution in [2.45, 2.75) is 6.92 Å². The van der Waals surface area contributed by atoms with Crippen LogP contribution < -0.4 is 10.5 Å². The number of nitrogens with two attached hydrogens (primary N) is 1. The quantitative estimate of drug-likeness (QED) is 0.428. The van der Waals surface area contributed by atoms with Gasteiger partial charge in [0.1, 0.15) is 23.0 Å². The fourth-order valence-corrected chi connectivity index (χ4v) is 3.58. The minimum atomic E-state index is 0.469. The van der Waals surface area contributed by atoms with Crippen LogP contribution in [0.5, 0.6) is 11.5 Å². The first-order chi connectivity index (χ1) is 14.7. The minimum absolute atomic E-state index is 0.469. The average molecular weight is 393 g/mol. The van der Waals surface area contributed by atoms with Crippen LogP contribution in [0.2, 0.25) is 0 Å². The second-order valence-corrected chi connectivity index (χ2v) is 7.02. The summed E-state index contributed by atoms with van der Waals surface area (Å²) in [6.45, 7) is 2.07. The Labute approximate surface area is 173 Å². The van der Waals surface area contributed by atoms with Gasteiger partial charge < -0.3 is 10.5 Å². The molecule has 0 aliphatic heterocycles. The molecule has 30 heavy (non-hydrogen) atoms. The van der Waals surface area contributed by atoms with Crippen LogP contribution in [0.15, 0.2) is 78.9 Å². The fourth-order valence-electron chi connectivity index (χ4n) is 3.58. The minimum Gasteiger partial charge on any atom is -0.457 e. The molecular formula is C24H19N5O. The van der Waals surface area contributed by atoms with Gasteiger partial charge in [-0.3, -0.25) is 5.10 Å². The summed E-state index contributed by atoms with van der Waals surface area (Å²) in [6, 6.07) is 25.6. The topological polar surface area (TPSA) is 89.7 Å². The number of anilines is 1. The number of fused-ring (bicyclic) bond motifs is 1. The molecule has 2 heterocycles. The normalized spacial score (nSPS) is 11.0. The average Bonchev–Trinajstić information content (AvgIpc) is 3.15. The number of H-pyrrole nitrogens is 1. The molecule has 3 N–H and O–H groups in total. The van der Waals surface area contributed by atoms with Gasteiger partial charge >= 0.3 is 0 Å². The van der Waals surface area contributed by atoms with Crippen molar-refractivity contribution in [3.05, 3.63) is 84.4 Å². The Balaban J connectivity index is 1.70. The third kappa shape index (κ3) is 3.14. The summed E-state index contributed by atoms with van der Waals surface area (Å²) in [6.07, 6.45) is 0. The Morgan fingerprint density at radius 1 is 0.833 bits per heavy atom. The van der Waals surface area contributed by atoms with Crippen LogP contribution in [0.1, 0.15) is 5.56 Å². The van der Waals surface area contributed by atoms with Gasteiger partial charge in [-0.05, 0) is 42.3 Å². The molecular weight excluding hydrogens is 374 g/mol. The predicted molar refractivity (Wildman–Crippen MR) is 118 cm³/mol. The molecule has 0 fully saturated rings. The van der Waals surface area contributed by atoms with Crippen molar-refractivity contribution in [1.82, 2.24) is 20.4 Å². The molecule has 0 saturated carbocycles. The number of hydrogen-bond acceptors (Lipinski definition) is 5. The molecule has 0 bridgehead atoms. The number of nitrogens with zero attached hydrogens (tertiary/aromatic N) is 3. The highest BCUT2D eigenvalue weighted by atomic mass is 16.5. The summed E-state index contributed by atoms with van der Waals surface area (Å²) in [5.41, 5.74) is 11.4. The van der Waals surface area contributed by atoms with Crippen LogP contribution >= 0.6 is 0 Å². The first-order valence-corrected chi connectivity index (χ1v) is 9.60. The van der Waals surface area contributed by atoms with Gasteiger partial charge in [0.05, 0.1) is 5.39 Å². The van der Waals surface area contributed by atoms with Crippen LogP contribution in [0, 0.1) is 6.92 Å². The van der Waals surface area contributed by atoms with Gasteiger partial charge in [-0.1, -0.05) is 54.6 Å². The Bertz CT molecular complexity index is 1340. The smallest absolute Gasteiger partial charge is 0.205 e. The summed E-state index contributed by atoms with van der Waals surface area (Å²) in [7, 11) is 0. The zero-order valence-electron chi connectivity index (χ0n) is 16.3. The molecule has 0 aliphatic rings. The zero-order chi connectivity index (χ0) is 20.5. The summed E-state index contributed by atoms with van der Waals surface area (Å²) in [4.78, 5) is 0. The maximum Gasteiger partial charge on any atom is 0.205 e. The van der Waals surface area contributed by atoms with Gasteiger partial charge in [-0.15, -0.1) is 10.2 Å². The molecule has 2 aromatic heterocycles. The van der Waals surface area contributed by atoms with E-state index >= 15 is 0 Å². The number of aryl methyl sites for hydroxylation is 1. The number of ether oxygens (including phenoxy) is 1. The Morgan fingerprint density at radius 2 is 1.60 bits per heavy atom. The number of aromatic amines is 1. The number of benzene rings is 3. The molecule has 146 valence electrons. The van der Waals surface area contributed by atoms with Crippen molar-refractivity contribution in [3.8, 4) is 33.9 Å². The first kappa shape index (κ1) is 17.9. The van der Waals surface area contributed by atoms with Gasteiger partial charge in [0.15, 0.2) is 0 Å². The fraction of sp³-hybridized carbons (Fsp3) is 0.0417. The lowest BCUT2D eigenvalue weighted by Crippen LogP contribution is -1.97. The third-order valence-electron chi connectivity index (χ3n) is 5.01. The Hall–Kier alpha value is -4.19. The lowest BCUT2D eigenvalue weighted by molar-refractivity contribution is 0.483. The van der Waals surface area contributed by atoms with Crippen molar-refractivity contribution >= 4 is 16.9 Å². The van der Waals surface area contributed by atoms with Crippen LogP contribution in [-0.2, 0) is 0 Å². The van der Waals surface area contributed by atoms with Crippen molar-refractivity contribution in [1.29, 1.82) is 0 Å². The number of nitrogen functional groups attached to an aromatic ring is 1. The predicted octanol–water partition coefficient (Wildman–Crippen LogP) is 5.37. The monoisotopic (exact) mass is 393 g/mol. The summed E-state index contributed by atoms with van der Waals surface area (Å²) < 4.78 is 6.01. The second kappa shape index (κ2) is 7.33. The van der Waals surface area contributed by atoms with E-state index in [1.54, 1.807) is 0 Å². The van der Waals surface area contributed by atoms with Crippen LogP contribution in [-0.4, -0.2) is 20.4 Å². The molecule has 6 heteroatoms. The second-order valence-electron chi connectivity index (χ2n) is 7.02. The molecule has 0 radical (unpaired) electrons. The zero-order valence-corrected chi connectivity index (χ0v) is 16.3. The molecule has 3 aromatic carbocycles. The van der Waals surface area contributed by atoms with Gasteiger partial charge in [0.2, 0.25) is 5.65 Å². The highest BCUT2D eigenvalue weighted by molar-refractivity contribution is 6.05. The highest BCUT2D eigenvalue weighted by Crippen LogP contribution is 2.39. The molecule has 0 unspecified atom stereocenters. The van der Waals surface area contributed by atoms with E-state index in [9.17, 15) is 0 Å². The lowest BCUT2D eigenvalue weighted by Gasteiger charge is -2.13. The van der Waals surface area contributed by atoms with Gasteiger partial charge in [0, 0.05) is 11.1 Å². The van der Waals surface area contributed by atoms with Gasteiger partial charge in [-0.2, -0.15) is 5.10 Å². The Morgan fingerprint density at radius 3 is 2.43 bits per heavy atom. The van der Waals surface area contributed by atoms with Crippen molar-refractivity contribution in [2.75, 3.05) is 5.73 Å². The van der Waals surface area contributed by atoms with E-state index in [1.165, 1.54) is 0 Å². The molecule has 0 saturated heterocycles. The van der Waals surface area contributed by atoms with Gasteiger partial charge in [0.25, 0.3) is 0 Å². The molecule has 0 spiro atoms. The van der Waals surface area contributed by atoms with E-state index in [4.69, 9.17) is 10.5 Å². The molecule has 0 aliphatic carbocycles. The molecule has 0 atom stereocenters. The van der Waals surface area contributed by atoms with Gasteiger partial charge in [-0.25, -0.2) is 0 Å². The van der Waals surface area contributed by atoms with Crippen molar-refractivity contribution in [2.24, 2.45) is 0 Å². The molecule has 0 amide bonds. The Kier molecular flexibility index (Phi) is 4.37. The van der Waals surface area contributed by atoms with Crippen molar-refractivity contribution < 1.29 is 4.74 Å². The van der Waals surface area contributed by atoms with E-state index in [1.807, 2.05) is 66.7 Å². The molecule has 5 aromatic rings. The van der Waals surface area contributed by atoms with Crippen molar-refractivity contribution in [3.63, 3.8) is 0 Å². The van der Waals surface area contributed by atoms with Crippen LogP contribution in [0.3, 0.4) is 0 Å². The first-order valence-electron chi connectivity index (χ1n) is 9.60. The van der Waals surface area contributed by atoms with E-state index in [0.717, 1.165) is 44.8 Å². The summed E-state index contributed by atoms with van der Waals surface area (Å²) >= 11 is 0. The number of nitrogens with one attached hydrogen (secondary N) is 1. The highest BCUT2D eigenvalue weighted by Gasteiger charge is 2.20. The standard InChI is InChI=1S/C24H19N5O/c1-15-8-5-6-13-19(15)20-21-23(25)27-29-24(21)28-26-22(20)16-9-7-12-18(14-16)30-17-10-3-2-4-11-17/h2-14H,1H3,(H3,25,27,28,29).